The Balaban J connectivity index is 1.90. The van der Waals surface area contributed by atoms with Crippen LogP contribution in [0, 0.1) is 15.9 Å². The van der Waals surface area contributed by atoms with Crippen LogP contribution in [0.1, 0.15) is 11.1 Å². The van der Waals surface area contributed by atoms with Crippen molar-refractivity contribution in [2.75, 3.05) is 0 Å². The van der Waals surface area contributed by atoms with Crippen LogP contribution in [0.2, 0.25) is 0 Å². The smallest absolute Gasteiger partial charge is 0.331 e. The number of benzene rings is 2. The molecule has 0 fully saturated rings. The number of carbonyl (C=O) groups excluding carboxylic acids is 1. The topological polar surface area (TPSA) is 69.4 Å². The molecule has 0 unspecified atom stereocenters. The molecule has 0 atom stereocenters. The third-order valence-corrected chi connectivity index (χ3v) is 2.83. The molecule has 2 aromatic rings. The molecule has 0 spiro atoms. The monoisotopic (exact) mass is 301 g/mol. The van der Waals surface area contributed by atoms with Gasteiger partial charge in [0.25, 0.3) is 5.69 Å². The highest BCUT2D eigenvalue weighted by Gasteiger charge is 2.05. The van der Waals surface area contributed by atoms with Gasteiger partial charge in [0.1, 0.15) is 12.4 Å². The lowest BCUT2D eigenvalue weighted by Crippen LogP contribution is -2.01. The molecule has 0 amide bonds. The van der Waals surface area contributed by atoms with E-state index in [9.17, 15) is 19.3 Å². The molecular weight excluding hydrogens is 289 g/mol. The van der Waals surface area contributed by atoms with Gasteiger partial charge in [-0.15, -0.1) is 0 Å². The summed E-state index contributed by atoms with van der Waals surface area (Å²) in [6.45, 7) is -0.0154. The fourth-order valence-corrected chi connectivity index (χ4v) is 1.68. The summed E-state index contributed by atoms with van der Waals surface area (Å²) in [6, 6.07) is 11.7. The molecule has 5 nitrogen and oxygen atoms in total. The number of nitro benzene ring substituents is 1. The quantitative estimate of drug-likeness (QED) is 0.367. The van der Waals surface area contributed by atoms with E-state index in [4.69, 9.17) is 4.74 Å². The maximum Gasteiger partial charge on any atom is 0.331 e. The molecule has 0 aliphatic heterocycles. The fourth-order valence-electron chi connectivity index (χ4n) is 1.68. The summed E-state index contributed by atoms with van der Waals surface area (Å²) in [5, 5.41) is 10.5. The maximum absolute atomic E-state index is 13.3. The minimum absolute atomic E-state index is 0.0154. The Morgan fingerprint density at radius 1 is 1.18 bits per heavy atom. The second-order valence-corrected chi connectivity index (χ2v) is 4.39. The van der Waals surface area contributed by atoms with E-state index in [0.717, 1.165) is 6.08 Å². The van der Waals surface area contributed by atoms with Crippen LogP contribution < -0.4 is 0 Å². The molecule has 112 valence electrons. The summed E-state index contributed by atoms with van der Waals surface area (Å²) >= 11 is 0. The highest BCUT2D eigenvalue weighted by molar-refractivity contribution is 5.87. The van der Waals surface area contributed by atoms with E-state index in [1.165, 1.54) is 42.5 Å². The van der Waals surface area contributed by atoms with Gasteiger partial charge in [-0.3, -0.25) is 10.1 Å². The van der Waals surface area contributed by atoms with Crippen LogP contribution in [0.15, 0.2) is 54.6 Å². The summed E-state index contributed by atoms with van der Waals surface area (Å²) in [5.74, 6) is -1.05. The van der Waals surface area contributed by atoms with Crippen molar-refractivity contribution < 1.29 is 18.8 Å². The normalized spacial score (nSPS) is 10.6. The molecule has 2 aromatic carbocycles. The Labute approximate surface area is 125 Å². The molecule has 0 saturated carbocycles. The SMILES string of the molecule is O=C(/C=C/c1ccccc1F)OCc1ccc([N+](=O)[O-])cc1. The molecule has 22 heavy (non-hydrogen) atoms. The van der Waals surface area contributed by atoms with Crippen molar-refractivity contribution in [3.05, 3.63) is 81.7 Å². The number of hydrogen-bond donors (Lipinski definition) is 0. The highest BCUT2D eigenvalue weighted by Crippen LogP contribution is 2.13. The molecule has 0 saturated heterocycles. The maximum atomic E-state index is 13.3. The first kappa shape index (κ1) is 15.4. The number of carbonyl (C=O) groups is 1. The second kappa shape index (κ2) is 7.12. The number of halogens is 1. The summed E-state index contributed by atoms with van der Waals surface area (Å²) in [5.41, 5.74) is 0.877. The van der Waals surface area contributed by atoms with Gasteiger partial charge in [0, 0.05) is 23.8 Å². The van der Waals surface area contributed by atoms with E-state index in [1.807, 2.05) is 0 Å². The predicted octanol–water partition coefficient (Wildman–Crippen LogP) is 3.49. The minimum atomic E-state index is -0.624. The van der Waals surface area contributed by atoms with Crippen molar-refractivity contribution in [1.82, 2.24) is 0 Å². The Kier molecular flexibility index (Phi) is 4.98. The number of non-ortho nitro benzene ring substituents is 1. The van der Waals surface area contributed by atoms with Crippen molar-refractivity contribution in [3.63, 3.8) is 0 Å². The number of hydrogen-bond acceptors (Lipinski definition) is 4. The van der Waals surface area contributed by atoms with E-state index in [2.05, 4.69) is 0 Å². The molecule has 0 radical (unpaired) electrons. The zero-order chi connectivity index (χ0) is 15.9. The largest absolute Gasteiger partial charge is 0.458 e. The fraction of sp³-hybridized carbons (Fsp3) is 0.0625. The van der Waals surface area contributed by atoms with E-state index in [-0.39, 0.29) is 17.9 Å². The van der Waals surface area contributed by atoms with Gasteiger partial charge >= 0.3 is 5.97 Å². The second-order valence-electron chi connectivity index (χ2n) is 4.39. The van der Waals surface area contributed by atoms with Crippen LogP contribution in [0.3, 0.4) is 0 Å². The lowest BCUT2D eigenvalue weighted by Gasteiger charge is -2.02. The first-order chi connectivity index (χ1) is 10.6. The summed E-state index contributed by atoms with van der Waals surface area (Å²) < 4.78 is 18.3. The van der Waals surface area contributed by atoms with Gasteiger partial charge < -0.3 is 4.74 Å². The molecule has 6 heteroatoms. The standard InChI is InChI=1S/C16H12FNO4/c17-15-4-2-1-3-13(15)7-10-16(19)22-11-12-5-8-14(9-6-12)18(20)21/h1-10H,11H2/b10-7+. The molecular formula is C16H12FNO4. The lowest BCUT2D eigenvalue weighted by atomic mass is 10.2. The van der Waals surface area contributed by atoms with Crippen molar-refractivity contribution in [2.24, 2.45) is 0 Å². The van der Waals surface area contributed by atoms with Crippen LogP contribution in [0.25, 0.3) is 6.08 Å². The number of rotatable bonds is 5. The van der Waals surface area contributed by atoms with Crippen molar-refractivity contribution in [2.45, 2.75) is 6.61 Å². The summed E-state index contributed by atoms with van der Waals surface area (Å²) in [4.78, 5) is 21.5. The first-order valence-corrected chi connectivity index (χ1v) is 6.39. The molecule has 0 aliphatic carbocycles. The zero-order valence-corrected chi connectivity index (χ0v) is 11.4. The van der Waals surface area contributed by atoms with Gasteiger partial charge in [0.05, 0.1) is 4.92 Å². The third kappa shape index (κ3) is 4.24. The average molecular weight is 301 g/mol. The Morgan fingerprint density at radius 3 is 2.50 bits per heavy atom. The highest BCUT2D eigenvalue weighted by atomic mass is 19.1. The van der Waals surface area contributed by atoms with E-state index in [1.54, 1.807) is 12.1 Å². The summed E-state index contributed by atoms with van der Waals surface area (Å²) in [6.07, 6.45) is 2.46. The number of nitro groups is 1. The predicted molar refractivity (Wildman–Crippen MR) is 78.3 cm³/mol. The van der Waals surface area contributed by atoms with Gasteiger partial charge in [0.15, 0.2) is 0 Å². The van der Waals surface area contributed by atoms with E-state index >= 15 is 0 Å². The molecule has 0 aromatic heterocycles. The Morgan fingerprint density at radius 2 is 1.86 bits per heavy atom. The number of ether oxygens (including phenoxy) is 1. The Bertz CT molecular complexity index is 710. The van der Waals surface area contributed by atoms with Crippen molar-refractivity contribution >= 4 is 17.7 Å². The van der Waals surface area contributed by atoms with Crippen LogP contribution in [0.4, 0.5) is 10.1 Å². The van der Waals surface area contributed by atoms with Gasteiger partial charge in [-0.05, 0) is 29.8 Å². The van der Waals surface area contributed by atoms with Crippen molar-refractivity contribution in [3.8, 4) is 0 Å². The van der Waals surface area contributed by atoms with Gasteiger partial charge in [-0.25, -0.2) is 9.18 Å². The van der Waals surface area contributed by atoms with Gasteiger partial charge in [0.2, 0.25) is 0 Å². The average Bonchev–Trinajstić information content (AvgIpc) is 2.52. The van der Waals surface area contributed by atoms with Crippen LogP contribution >= 0.6 is 0 Å². The van der Waals surface area contributed by atoms with Gasteiger partial charge in [-0.2, -0.15) is 0 Å². The van der Waals surface area contributed by atoms with E-state index < -0.39 is 16.7 Å². The van der Waals surface area contributed by atoms with Crippen LogP contribution in [-0.2, 0) is 16.1 Å². The first-order valence-electron chi connectivity index (χ1n) is 6.39. The zero-order valence-electron chi connectivity index (χ0n) is 11.4. The summed E-state index contributed by atoms with van der Waals surface area (Å²) in [7, 11) is 0. The van der Waals surface area contributed by atoms with E-state index in [0.29, 0.717) is 5.56 Å². The molecule has 0 bridgehead atoms. The van der Waals surface area contributed by atoms with Crippen LogP contribution in [0.5, 0.6) is 0 Å². The minimum Gasteiger partial charge on any atom is -0.458 e. The lowest BCUT2D eigenvalue weighted by molar-refractivity contribution is -0.384. The molecule has 0 N–H and O–H groups in total. The molecule has 2 rings (SSSR count). The van der Waals surface area contributed by atoms with Crippen molar-refractivity contribution in [1.29, 1.82) is 0 Å². The number of nitrogens with zero attached hydrogens (tertiary/aromatic N) is 1. The Hall–Kier alpha value is -3.02. The van der Waals surface area contributed by atoms with Crippen LogP contribution in [-0.4, -0.2) is 10.9 Å². The molecule has 0 aliphatic rings. The third-order valence-electron chi connectivity index (χ3n) is 2.83. The number of esters is 1. The van der Waals surface area contributed by atoms with Gasteiger partial charge in [-0.1, -0.05) is 18.2 Å². The molecule has 0 heterocycles.